The number of fused-ring (bicyclic) bond motifs is 10. The van der Waals surface area contributed by atoms with Crippen LogP contribution in [-0.4, -0.2) is 0 Å². The molecule has 0 atom stereocenters. The van der Waals surface area contributed by atoms with E-state index in [0.717, 1.165) is 6.42 Å². The summed E-state index contributed by atoms with van der Waals surface area (Å²) in [5.74, 6) is 0. The summed E-state index contributed by atoms with van der Waals surface area (Å²) in [5, 5.41) is 0. The molecule has 4 aromatic carbocycles. The fourth-order valence-electron chi connectivity index (χ4n) is 6.58. The largest absolute Gasteiger partial charge is 0.0991 e. The number of hydrogen-bond donors (Lipinski definition) is 0. The van der Waals surface area contributed by atoms with Crippen LogP contribution in [0.1, 0.15) is 51.4 Å². The van der Waals surface area contributed by atoms with Crippen molar-refractivity contribution in [2.24, 2.45) is 0 Å². The maximum absolute atomic E-state index is 3.77. The van der Waals surface area contributed by atoms with Gasteiger partial charge in [0.2, 0.25) is 0 Å². The minimum Gasteiger partial charge on any atom is -0.0991 e. The van der Waals surface area contributed by atoms with Gasteiger partial charge in [0.15, 0.2) is 0 Å². The topological polar surface area (TPSA) is 0 Å². The van der Waals surface area contributed by atoms with Gasteiger partial charge in [-0.05, 0) is 84.2 Å². The van der Waals surface area contributed by atoms with Gasteiger partial charge in [0, 0.05) is 0 Å². The van der Waals surface area contributed by atoms with Gasteiger partial charge in [-0.25, -0.2) is 0 Å². The van der Waals surface area contributed by atoms with Gasteiger partial charge in [-0.1, -0.05) is 138 Å². The van der Waals surface area contributed by atoms with Gasteiger partial charge in [-0.3, -0.25) is 0 Å². The molecular formula is C38H34. The highest BCUT2D eigenvalue weighted by Crippen LogP contribution is 2.63. The minimum atomic E-state index is -0.303. The molecule has 0 unspecified atom stereocenters. The van der Waals surface area contributed by atoms with Crippen LogP contribution in [0.25, 0.3) is 22.3 Å². The lowest BCUT2D eigenvalue weighted by molar-refractivity contribution is 0.779. The minimum absolute atomic E-state index is 0.303. The molecule has 38 heavy (non-hydrogen) atoms. The van der Waals surface area contributed by atoms with Crippen molar-refractivity contribution in [2.45, 2.75) is 39.5 Å². The third-order valence-electron chi connectivity index (χ3n) is 8.17. The van der Waals surface area contributed by atoms with Crippen LogP contribution < -0.4 is 0 Å². The first-order chi connectivity index (χ1) is 18.4. The summed E-state index contributed by atoms with van der Waals surface area (Å²) in [6.45, 7) is 12.6. The Hall–Kier alpha value is -4.16. The Morgan fingerprint density at radius 1 is 0.711 bits per heavy atom. The predicted octanol–water partition coefficient (Wildman–Crippen LogP) is 9.74. The molecule has 0 bridgehead atoms. The van der Waals surface area contributed by atoms with Crippen molar-refractivity contribution in [1.29, 1.82) is 0 Å². The lowest BCUT2D eigenvalue weighted by Gasteiger charge is -2.32. The summed E-state index contributed by atoms with van der Waals surface area (Å²) in [4.78, 5) is 0. The van der Waals surface area contributed by atoms with E-state index in [4.69, 9.17) is 0 Å². The standard InChI is InChI=1S/C38H34/c1-6-7-11-25(2)12-8-9-13-29-14-10-15-33-32-21-18-28(5)24-36(32)38(37(29)33)34-22-26(3)16-19-30(34)31-20-17-27(4)23-35(31)38/h6-12,14-24H,1,13H2,2-5H3/b9-8+,11-7+,25-12+. The molecule has 0 aliphatic heterocycles. The van der Waals surface area contributed by atoms with Gasteiger partial charge in [0.1, 0.15) is 0 Å². The van der Waals surface area contributed by atoms with E-state index < -0.39 is 0 Å². The third-order valence-corrected chi connectivity index (χ3v) is 8.17. The molecule has 0 saturated heterocycles. The Morgan fingerprint density at radius 3 is 1.82 bits per heavy atom. The zero-order valence-electron chi connectivity index (χ0n) is 22.8. The average Bonchev–Trinajstić information content (AvgIpc) is 3.35. The van der Waals surface area contributed by atoms with Crippen LogP contribution in [-0.2, 0) is 11.8 Å². The van der Waals surface area contributed by atoms with Crippen molar-refractivity contribution in [3.05, 3.63) is 166 Å². The summed E-state index contributed by atoms with van der Waals surface area (Å²) in [5.41, 5.74) is 17.4. The van der Waals surface area contributed by atoms with E-state index in [1.807, 2.05) is 12.2 Å². The Balaban J connectivity index is 1.63. The van der Waals surface area contributed by atoms with Crippen LogP contribution in [0.4, 0.5) is 0 Å². The molecule has 0 N–H and O–H groups in total. The summed E-state index contributed by atoms with van der Waals surface area (Å²) in [6, 6.07) is 28.0. The van der Waals surface area contributed by atoms with Crippen LogP contribution in [0.15, 0.2) is 121 Å². The zero-order chi connectivity index (χ0) is 26.4. The fourth-order valence-corrected chi connectivity index (χ4v) is 6.58. The van der Waals surface area contributed by atoms with Crippen molar-refractivity contribution in [3.8, 4) is 22.3 Å². The Labute approximate surface area is 227 Å². The Kier molecular flexibility index (Phi) is 5.92. The molecule has 0 heteroatoms. The number of benzene rings is 4. The molecule has 1 spiro atoms. The number of allylic oxidation sites excluding steroid dienone is 7. The molecule has 0 radical (unpaired) electrons. The first kappa shape index (κ1) is 24.2. The highest BCUT2D eigenvalue weighted by Gasteiger charge is 2.52. The van der Waals surface area contributed by atoms with Gasteiger partial charge in [-0.2, -0.15) is 0 Å². The average molecular weight is 491 g/mol. The number of aryl methyl sites for hydroxylation is 3. The molecule has 0 aromatic heterocycles. The molecule has 4 aromatic rings. The highest BCUT2D eigenvalue weighted by atomic mass is 14.5. The van der Waals surface area contributed by atoms with E-state index in [1.165, 1.54) is 72.3 Å². The van der Waals surface area contributed by atoms with E-state index in [-0.39, 0.29) is 5.41 Å². The zero-order valence-corrected chi connectivity index (χ0v) is 22.8. The molecule has 0 heterocycles. The van der Waals surface area contributed by atoms with Gasteiger partial charge < -0.3 is 0 Å². The van der Waals surface area contributed by atoms with Crippen molar-refractivity contribution < 1.29 is 0 Å². The molecule has 0 saturated carbocycles. The normalized spacial score (nSPS) is 14.7. The Morgan fingerprint density at radius 2 is 1.26 bits per heavy atom. The molecule has 2 aliphatic rings. The molecule has 0 fully saturated rings. The lowest BCUT2D eigenvalue weighted by atomic mass is 9.68. The van der Waals surface area contributed by atoms with Crippen LogP contribution in [0.2, 0.25) is 0 Å². The summed E-state index contributed by atoms with van der Waals surface area (Å²) in [7, 11) is 0. The second-order valence-electron chi connectivity index (χ2n) is 10.9. The molecule has 186 valence electrons. The van der Waals surface area contributed by atoms with Gasteiger partial charge in [-0.15, -0.1) is 0 Å². The smallest absolute Gasteiger partial charge is 0.0728 e. The summed E-state index contributed by atoms with van der Waals surface area (Å²) in [6.07, 6.45) is 13.4. The van der Waals surface area contributed by atoms with E-state index in [2.05, 4.69) is 131 Å². The first-order valence-electron chi connectivity index (χ1n) is 13.5. The SMILES string of the molecule is C=C/C=C/C(C)=C/C=C/Cc1cccc2c1C1(c3cc(C)ccc3-c3ccc(C)cc31)c1cc(C)ccc1-2. The Bertz CT molecular complexity index is 1610. The molecule has 6 rings (SSSR count). The van der Waals surface area contributed by atoms with Gasteiger partial charge in [0.05, 0.1) is 5.41 Å². The third kappa shape index (κ3) is 3.59. The molecular weight excluding hydrogens is 456 g/mol. The summed E-state index contributed by atoms with van der Waals surface area (Å²) < 4.78 is 0. The van der Waals surface area contributed by atoms with Crippen molar-refractivity contribution in [1.82, 2.24) is 0 Å². The van der Waals surface area contributed by atoms with E-state index in [1.54, 1.807) is 0 Å². The van der Waals surface area contributed by atoms with Gasteiger partial charge >= 0.3 is 0 Å². The van der Waals surface area contributed by atoms with E-state index in [0.29, 0.717) is 0 Å². The molecule has 0 amide bonds. The quantitative estimate of drug-likeness (QED) is 0.211. The lowest BCUT2D eigenvalue weighted by Crippen LogP contribution is -2.27. The van der Waals surface area contributed by atoms with E-state index in [9.17, 15) is 0 Å². The maximum atomic E-state index is 3.77. The predicted molar refractivity (Wildman–Crippen MR) is 163 cm³/mol. The summed E-state index contributed by atoms with van der Waals surface area (Å²) >= 11 is 0. The highest BCUT2D eigenvalue weighted by molar-refractivity contribution is 5.96. The maximum Gasteiger partial charge on any atom is 0.0728 e. The fraction of sp³-hybridized carbons (Fsp3) is 0.158. The van der Waals surface area contributed by atoms with Crippen molar-refractivity contribution >= 4 is 0 Å². The van der Waals surface area contributed by atoms with Crippen LogP contribution in [0.3, 0.4) is 0 Å². The number of rotatable bonds is 5. The second kappa shape index (κ2) is 9.30. The van der Waals surface area contributed by atoms with Gasteiger partial charge in [0.25, 0.3) is 0 Å². The van der Waals surface area contributed by atoms with Crippen molar-refractivity contribution in [3.63, 3.8) is 0 Å². The first-order valence-corrected chi connectivity index (χ1v) is 13.5. The van der Waals surface area contributed by atoms with Crippen LogP contribution >= 0.6 is 0 Å². The molecule has 2 aliphatic carbocycles. The van der Waals surface area contributed by atoms with Crippen LogP contribution in [0, 0.1) is 20.8 Å². The second-order valence-corrected chi connectivity index (χ2v) is 10.9. The van der Waals surface area contributed by atoms with E-state index >= 15 is 0 Å². The van der Waals surface area contributed by atoms with Crippen LogP contribution in [0.5, 0.6) is 0 Å². The number of hydrogen-bond acceptors (Lipinski definition) is 0. The van der Waals surface area contributed by atoms with Crippen molar-refractivity contribution in [2.75, 3.05) is 0 Å². The monoisotopic (exact) mass is 490 g/mol. The molecule has 0 nitrogen and oxygen atoms in total.